The van der Waals surface area contributed by atoms with Crippen LogP contribution in [-0.2, 0) is 0 Å². The molecule has 5 nitrogen and oxygen atoms in total. The highest BCUT2D eigenvalue weighted by molar-refractivity contribution is 6.31. The largest absolute Gasteiger partial charge is 0.377 e. The molecule has 0 spiro atoms. The molecule has 3 aromatic rings. The molecule has 3 unspecified atom stereocenters. The number of anilines is 1. The molecule has 1 aliphatic carbocycles. The zero-order chi connectivity index (χ0) is 21.5. The van der Waals surface area contributed by atoms with Crippen LogP contribution in [0.5, 0.6) is 0 Å². The predicted molar refractivity (Wildman–Crippen MR) is 121 cm³/mol. The molecule has 1 heterocycles. The van der Waals surface area contributed by atoms with Crippen LogP contribution in [0.1, 0.15) is 45.4 Å². The summed E-state index contributed by atoms with van der Waals surface area (Å²) in [6.07, 6.45) is 5.22. The van der Waals surface area contributed by atoms with Crippen molar-refractivity contribution in [1.82, 2.24) is 0 Å². The lowest BCUT2D eigenvalue weighted by Gasteiger charge is -2.38. The summed E-state index contributed by atoms with van der Waals surface area (Å²) in [4.78, 5) is 24.0. The molecule has 6 heteroatoms. The highest BCUT2D eigenvalue weighted by Gasteiger charge is 2.39. The van der Waals surface area contributed by atoms with Gasteiger partial charge in [0.1, 0.15) is 0 Å². The third kappa shape index (κ3) is 3.41. The van der Waals surface area contributed by atoms with Crippen molar-refractivity contribution >= 4 is 28.8 Å². The normalized spacial score (nSPS) is 21.1. The number of halogens is 1. The number of carbonyl (C=O) groups excluding carboxylic acids is 1. The minimum absolute atomic E-state index is 0.0628. The molecule has 2 aliphatic rings. The first-order valence-electron chi connectivity index (χ1n) is 10.1. The SMILES string of the molecule is O=C(c1ccccc1)c1cc(Cl)cc2c1NC(c1ccc([N+](=O)[O-])cc1)C1CC=CC21. The van der Waals surface area contributed by atoms with Gasteiger partial charge < -0.3 is 5.32 Å². The number of hydrogen-bond acceptors (Lipinski definition) is 4. The second kappa shape index (κ2) is 7.67. The lowest BCUT2D eigenvalue weighted by Crippen LogP contribution is -2.30. The Kier molecular flexibility index (Phi) is 4.83. The third-order valence-corrected chi connectivity index (χ3v) is 6.40. The number of rotatable bonds is 4. The number of nitro groups is 1. The fourth-order valence-corrected chi connectivity index (χ4v) is 4.95. The van der Waals surface area contributed by atoms with Crippen LogP contribution >= 0.6 is 11.6 Å². The van der Waals surface area contributed by atoms with Gasteiger partial charge in [0, 0.05) is 39.9 Å². The van der Waals surface area contributed by atoms with Gasteiger partial charge in [-0.1, -0.05) is 66.2 Å². The van der Waals surface area contributed by atoms with Crippen molar-refractivity contribution in [2.24, 2.45) is 5.92 Å². The van der Waals surface area contributed by atoms with E-state index in [2.05, 4.69) is 17.5 Å². The molecule has 0 radical (unpaired) electrons. The highest BCUT2D eigenvalue weighted by atomic mass is 35.5. The number of ketones is 1. The van der Waals surface area contributed by atoms with Gasteiger partial charge in [-0.2, -0.15) is 0 Å². The van der Waals surface area contributed by atoms with Crippen LogP contribution < -0.4 is 5.32 Å². The van der Waals surface area contributed by atoms with E-state index in [4.69, 9.17) is 11.6 Å². The number of hydrogen-bond donors (Lipinski definition) is 1. The quantitative estimate of drug-likeness (QED) is 0.228. The fraction of sp³-hybridized carbons (Fsp3) is 0.160. The van der Waals surface area contributed by atoms with Gasteiger partial charge in [0.25, 0.3) is 5.69 Å². The van der Waals surface area contributed by atoms with Crippen molar-refractivity contribution in [3.05, 3.63) is 116 Å². The second-order valence-corrected chi connectivity index (χ2v) is 8.37. The standard InChI is InChI=1S/C25H19ClN2O3/c26-17-13-21-19-7-4-8-20(19)23(15-9-11-18(12-10-15)28(30)31)27-24(21)22(14-17)25(29)16-5-2-1-3-6-16/h1-7,9-14,19-20,23,27H,8H2. The van der Waals surface area contributed by atoms with E-state index in [1.807, 2.05) is 24.3 Å². The van der Waals surface area contributed by atoms with Crippen molar-refractivity contribution in [2.75, 3.05) is 5.32 Å². The Morgan fingerprint density at radius 3 is 2.52 bits per heavy atom. The lowest BCUT2D eigenvalue weighted by molar-refractivity contribution is -0.384. The van der Waals surface area contributed by atoms with Crippen LogP contribution in [0, 0.1) is 16.0 Å². The molecule has 0 saturated carbocycles. The lowest BCUT2D eigenvalue weighted by atomic mass is 9.76. The maximum atomic E-state index is 13.3. The Morgan fingerprint density at radius 1 is 1.06 bits per heavy atom. The molecule has 31 heavy (non-hydrogen) atoms. The summed E-state index contributed by atoms with van der Waals surface area (Å²) in [5.74, 6) is 0.277. The third-order valence-electron chi connectivity index (χ3n) is 6.18. The van der Waals surface area contributed by atoms with E-state index in [1.54, 1.807) is 30.3 Å². The van der Waals surface area contributed by atoms with E-state index in [0.29, 0.717) is 16.1 Å². The number of allylic oxidation sites excluding steroid dienone is 2. The van der Waals surface area contributed by atoms with Crippen molar-refractivity contribution in [2.45, 2.75) is 18.4 Å². The topological polar surface area (TPSA) is 72.2 Å². The summed E-state index contributed by atoms with van der Waals surface area (Å²) in [6.45, 7) is 0. The van der Waals surface area contributed by atoms with Crippen LogP contribution in [0.2, 0.25) is 5.02 Å². The Morgan fingerprint density at radius 2 is 1.81 bits per heavy atom. The summed E-state index contributed by atoms with van der Waals surface area (Å²) >= 11 is 6.44. The van der Waals surface area contributed by atoms with Gasteiger partial charge in [-0.25, -0.2) is 0 Å². The van der Waals surface area contributed by atoms with Crippen LogP contribution in [0.3, 0.4) is 0 Å². The number of fused-ring (bicyclic) bond motifs is 3. The Labute approximate surface area is 184 Å². The number of carbonyl (C=O) groups is 1. The van der Waals surface area contributed by atoms with E-state index in [0.717, 1.165) is 23.2 Å². The maximum absolute atomic E-state index is 13.3. The van der Waals surface area contributed by atoms with Crippen LogP contribution in [0.15, 0.2) is 78.9 Å². The number of nitrogens with zero attached hydrogens (tertiary/aromatic N) is 1. The molecule has 0 amide bonds. The first kappa shape index (κ1) is 19.5. The van der Waals surface area contributed by atoms with E-state index < -0.39 is 4.92 Å². The van der Waals surface area contributed by atoms with Gasteiger partial charge in [-0.05, 0) is 35.6 Å². The molecule has 3 atom stereocenters. The van der Waals surface area contributed by atoms with Crippen LogP contribution in [-0.4, -0.2) is 10.7 Å². The van der Waals surface area contributed by atoms with Gasteiger partial charge >= 0.3 is 0 Å². The number of nitrogens with one attached hydrogen (secondary N) is 1. The molecule has 1 N–H and O–H groups in total. The molecular weight excluding hydrogens is 412 g/mol. The Bertz CT molecular complexity index is 1210. The number of nitro benzene ring substituents is 1. The van der Waals surface area contributed by atoms with Gasteiger partial charge in [-0.3, -0.25) is 14.9 Å². The molecule has 0 saturated heterocycles. The first-order valence-corrected chi connectivity index (χ1v) is 10.5. The summed E-state index contributed by atoms with van der Waals surface area (Å²) in [5, 5.41) is 15.2. The van der Waals surface area contributed by atoms with Gasteiger partial charge in [-0.15, -0.1) is 0 Å². The monoisotopic (exact) mass is 430 g/mol. The van der Waals surface area contributed by atoms with Crippen molar-refractivity contribution in [3.63, 3.8) is 0 Å². The Hall–Kier alpha value is -3.44. The van der Waals surface area contributed by atoms with Crippen LogP contribution in [0.4, 0.5) is 11.4 Å². The summed E-state index contributed by atoms with van der Waals surface area (Å²) < 4.78 is 0. The molecule has 0 aromatic heterocycles. The van der Waals surface area contributed by atoms with Crippen molar-refractivity contribution in [3.8, 4) is 0 Å². The minimum atomic E-state index is -0.397. The molecule has 1 aliphatic heterocycles. The van der Waals surface area contributed by atoms with Gasteiger partial charge in [0.15, 0.2) is 5.78 Å². The average Bonchev–Trinajstić information content (AvgIpc) is 3.29. The zero-order valence-corrected chi connectivity index (χ0v) is 17.3. The van der Waals surface area contributed by atoms with Crippen molar-refractivity contribution in [1.29, 1.82) is 0 Å². The summed E-state index contributed by atoms with van der Waals surface area (Å²) in [6, 6.07) is 19.4. The highest BCUT2D eigenvalue weighted by Crippen LogP contribution is 2.51. The fourth-order valence-electron chi connectivity index (χ4n) is 4.72. The maximum Gasteiger partial charge on any atom is 0.269 e. The van der Waals surface area contributed by atoms with E-state index in [9.17, 15) is 14.9 Å². The van der Waals surface area contributed by atoms with E-state index >= 15 is 0 Å². The molecule has 0 fully saturated rings. The number of non-ortho nitro benzene ring substituents is 1. The van der Waals surface area contributed by atoms with Gasteiger partial charge in [0.2, 0.25) is 0 Å². The molecular formula is C25H19ClN2O3. The molecule has 154 valence electrons. The van der Waals surface area contributed by atoms with E-state index in [-0.39, 0.29) is 29.3 Å². The van der Waals surface area contributed by atoms with Crippen LogP contribution in [0.25, 0.3) is 0 Å². The smallest absolute Gasteiger partial charge is 0.269 e. The predicted octanol–water partition coefficient (Wildman–Crippen LogP) is 6.31. The van der Waals surface area contributed by atoms with E-state index in [1.165, 1.54) is 12.1 Å². The minimum Gasteiger partial charge on any atom is -0.377 e. The van der Waals surface area contributed by atoms with Gasteiger partial charge in [0.05, 0.1) is 11.0 Å². The summed E-state index contributed by atoms with van der Waals surface area (Å²) in [7, 11) is 0. The second-order valence-electron chi connectivity index (χ2n) is 7.94. The molecule has 0 bridgehead atoms. The zero-order valence-electron chi connectivity index (χ0n) is 16.5. The summed E-state index contributed by atoms with van der Waals surface area (Å²) in [5.41, 5.74) is 3.97. The Balaban J connectivity index is 1.61. The molecule has 3 aromatic carbocycles. The number of benzene rings is 3. The first-order chi connectivity index (χ1) is 15.0. The molecule has 5 rings (SSSR count). The average molecular weight is 431 g/mol. The van der Waals surface area contributed by atoms with Crippen molar-refractivity contribution < 1.29 is 9.72 Å².